The number of hydrogen-bond acceptors (Lipinski definition) is 1. The predicted molar refractivity (Wildman–Crippen MR) is 60.5 cm³/mol. The molecule has 0 bridgehead atoms. The summed E-state index contributed by atoms with van der Waals surface area (Å²) < 4.78 is 12.6. The van der Waals surface area contributed by atoms with Crippen LogP contribution in [0.4, 0.5) is 4.39 Å². The van der Waals surface area contributed by atoms with Crippen molar-refractivity contribution in [2.45, 2.75) is 26.2 Å². The van der Waals surface area contributed by atoms with Crippen LogP contribution >= 0.6 is 13.5 Å². The zero-order chi connectivity index (χ0) is 9.84. The van der Waals surface area contributed by atoms with Crippen LogP contribution in [-0.4, -0.2) is 5.78 Å². The standard InChI is InChI=1S/C11H13FO.H2S/c1-3-11(8(2)13)9-4-6-10(12)7-5-9;/h4-7,11H,3H2,1-2H3;1H2. The van der Waals surface area contributed by atoms with Crippen molar-refractivity contribution in [1.29, 1.82) is 0 Å². The lowest BCUT2D eigenvalue weighted by atomic mass is 9.93. The van der Waals surface area contributed by atoms with E-state index in [0.29, 0.717) is 0 Å². The molecule has 0 heterocycles. The minimum Gasteiger partial charge on any atom is -0.299 e. The number of carbonyl (C=O) groups is 1. The van der Waals surface area contributed by atoms with E-state index < -0.39 is 0 Å². The molecule has 1 rings (SSSR count). The van der Waals surface area contributed by atoms with Crippen LogP contribution in [0.15, 0.2) is 24.3 Å². The molecule has 1 nitrogen and oxygen atoms in total. The Morgan fingerprint density at radius 1 is 1.36 bits per heavy atom. The summed E-state index contributed by atoms with van der Waals surface area (Å²) in [4.78, 5) is 11.2. The molecule has 0 saturated heterocycles. The zero-order valence-electron chi connectivity index (χ0n) is 8.38. The maximum absolute atomic E-state index is 12.6. The van der Waals surface area contributed by atoms with Crippen LogP contribution in [0.5, 0.6) is 0 Å². The van der Waals surface area contributed by atoms with Crippen molar-refractivity contribution in [3.63, 3.8) is 0 Å². The largest absolute Gasteiger partial charge is 0.299 e. The van der Waals surface area contributed by atoms with Crippen molar-refractivity contribution in [2.24, 2.45) is 0 Å². The molecule has 1 aromatic carbocycles. The van der Waals surface area contributed by atoms with E-state index in [1.54, 1.807) is 19.1 Å². The zero-order valence-corrected chi connectivity index (χ0v) is 9.38. The van der Waals surface area contributed by atoms with Crippen molar-refractivity contribution in [3.8, 4) is 0 Å². The molecule has 0 radical (unpaired) electrons. The summed E-state index contributed by atoms with van der Waals surface area (Å²) in [5, 5.41) is 0. The van der Waals surface area contributed by atoms with Gasteiger partial charge in [-0.05, 0) is 31.0 Å². The van der Waals surface area contributed by atoms with Gasteiger partial charge in [0.1, 0.15) is 11.6 Å². The summed E-state index contributed by atoms with van der Waals surface area (Å²) in [5.74, 6) is -0.211. The van der Waals surface area contributed by atoms with E-state index in [-0.39, 0.29) is 31.0 Å². The number of rotatable bonds is 3. The van der Waals surface area contributed by atoms with Crippen LogP contribution < -0.4 is 0 Å². The third-order valence-corrected chi connectivity index (χ3v) is 2.17. The topological polar surface area (TPSA) is 17.1 Å². The summed E-state index contributed by atoms with van der Waals surface area (Å²) in [6.07, 6.45) is 0.765. The van der Waals surface area contributed by atoms with Gasteiger partial charge in [-0.25, -0.2) is 4.39 Å². The van der Waals surface area contributed by atoms with E-state index in [0.717, 1.165) is 12.0 Å². The van der Waals surface area contributed by atoms with Gasteiger partial charge in [-0.2, -0.15) is 13.5 Å². The molecule has 78 valence electrons. The lowest BCUT2D eigenvalue weighted by molar-refractivity contribution is -0.118. The lowest BCUT2D eigenvalue weighted by Crippen LogP contribution is -2.07. The molecule has 14 heavy (non-hydrogen) atoms. The normalized spacial score (nSPS) is 11.6. The van der Waals surface area contributed by atoms with E-state index in [9.17, 15) is 9.18 Å². The summed E-state index contributed by atoms with van der Waals surface area (Å²) in [6, 6.07) is 6.12. The molecule has 0 aromatic heterocycles. The Balaban J connectivity index is 0.00000169. The number of ketones is 1. The monoisotopic (exact) mass is 214 g/mol. The smallest absolute Gasteiger partial charge is 0.137 e. The van der Waals surface area contributed by atoms with Crippen molar-refractivity contribution < 1.29 is 9.18 Å². The Labute approximate surface area is 90.8 Å². The number of benzene rings is 1. The van der Waals surface area contributed by atoms with Crippen molar-refractivity contribution in [2.75, 3.05) is 0 Å². The minimum absolute atomic E-state index is 0. The highest BCUT2D eigenvalue weighted by atomic mass is 32.1. The summed E-state index contributed by atoms with van der Waals surface area (Å²) in [7, 11) is 0. The summed E-state index contributed by atoms with van der Waals surface area (Å²) in [5.41, 5.74) is 0.899. The van der Waals surface area contributed by atoms with Gasteiger partial charge in [-0.1, -0.05) is 19.1 Å². The van der Waals surface area contributed by atoms with Crippen molar-refractivity contribution in [1.82, 2.24) is 0 Å². The van der Waals surface area contributed by atoms with Crippen LogP contribution in [-0.2, 0) is 4.79 Å². The second kappa shape index (κ2) is 5.81. The molecule has 0 fully saturated rings. The van der Waals surface area contributed by atoms with E-state index >= 15 is 0 Å². The van der Waals surface area contributed by atoms with Gasteiger partial charge in [0.05, 0.1) is 0 Å². The molecular weight excluding hydrogens is 199 g/mol. The average Bonchev–Trinajstić information content (AvgIpc) is 2.09. The first-order valence-electron chi connectivity index (χ1n) is 4.41. The first-order chi connectivity index (χ1) is 6.15. The molecule has 1 atom stereocenters. The maximum Gasteiger partial charge on any atom is 0.137 e. The molecule has 0 aliphatic heterocycles. The highest BCUT2D eigenvalue weighted by Crippen LogP contribution is 2.20. The second-order valence-corrected chi connectivity index (χ2v) is 3.12. The van der Waals surface area contributed by atoms with Crippen LogP contribution in [0.2, 0.25) is 0 Å². The van der Waals surface area contributed by atoms with Crippen LogP contribution in [0.3, 0.4) is 0 Å². The summed E-state index contributed by atoms with van der Waals surface area (Å²) in [6.45, 7) is 3.52. The first kappa shape index (κ1) is 13.2. The van der Waals surface area contributed by atoms with Gasteiger partial charge in [-0.3, -0.25) is 4.79 Å². The van der Waals surface area contributed by atoms with Crippen LogP contribution in [0.1, 0.15) is 31.7 Å². The van der Waals surface area contributed by atoms with E-state index in [4.69, 9.17) is 0 Å². The molecule has 0 N–H and O–H groups in total. The predicted octanol–water partition coefficient (Wildman–Crippen LogP) is 3.02. The molecular formula is C11H15FOS. The average molecular weight is 214 g/mol. The van der Waals surface area contributed by atoms with E-state index in [1.807, 2.05) is 6.92 Å². The molecule has 1 aromatic rings. The number of carbonyl (C=O) groups excluding carboxylic acids is 1. The molecule has 1 unspecified atom stereocenters. The fourth-order valence-electron chi connectivity index (χ4n) is 1.45. The third-order valence-electron chi connectivity index (χ3n) is 2.17. The third kappa shape index (κ3) is 3.14. The van der Waals surface area contributed by atoms with Crippen molar-refractivity contribution >= 4 is 19.3 Å². The first-order valence-corrected chi connectivity index (χ1v) is 4.41. The molecule has 0 amide bonds. The molecule has 0 aliphatic carbocycles. The van der Waals surface area contributed by atoms with Crippen LogP contribution in [0, 0.1) is 5.82 Å². The Morgan fingerprint density at radius 2 is 1.86 bits per heavy atom. The van der Waals surface area contributed by atoms with Gasteiger partial charge in [0, 0.05) is 5.92 Å². The Bertz CT molecular complexity index is 295. The molecule has 0 aliphatic rings. The SMILES string of the molecule is CCC(C(C)=O)c1ccc(F)cc1.S. The Kier molecular flexibility index (Phi) is 5.46. The number of Topliss-reactive ketones (excluding diaryl/α,β-unsaturated/α-hetero) is 1. The molecule has 0 spiro atoms. The van der Waals surface area contributed by atoms with Gasteiger partial charge in [0.2, 0.25) is 0 Å². The van der Waals surface area contributed by atoms with Gasteiger partial charge in [0.15, 0.2) is 0 Å². The molecule has 3 heteroatoms. The number of halogens is 1. The van der Waals surface area contributed by atoms with Gasteiger partial charge in [-0.15, -0.1) is 0 Å². The highest BCUT2D eigenvalue weighted by Gasteiger charge is 2.13. The Morgan fingerprint density at radius 3 is 2.21 bits per heavy atom. The minimum atomic E-state index is -0.262. The fraction of sp³-hybridized carbons (Fsp3) is 0.364. The highest BCUT2D eigenvalue weighted by molar-refractivity contribution is 7.59. The fourth-order valence-corrected chi connectivity index (χ4v) is 1.45. The van der Waals surface area contributed by atoms with Crippen LogP contribution in [0.25, 0.3) is 0 Å². The summed E-state index contributed by atoms with van der Waals surface area (Å²) >= 11 is 0. The van der Waals surface area contributed by atoms with Gasteiger partial charge < -0.3 is 0 Å². The maximum atomic E-state index is 12.6. The van der Waals surface area contributed by atoms with Gasteiger partial charge in [0.25, 0.3) is 0 Å². The lowest BCUT2D eigenvalue weighted by Gasteiger charge is -2.10. The molecule has 0 saturated carbocycles. The van der Waals surface area contributed by atoms with Crippen molar-refractivity contribution in [3.05, 3.63) is 35.6 Å². The number of hydrogen-bond donors (Lipinski definition) is 0. The quantitative estimate of drug-likeness (QED) is 0.756. The van der Waals surface area contributed by atoms with Gasteiger partial charge >= 0.3 is 0 Å². The van der Waals surface area contributed by atoms with E-state index in [1.165, 1.54) is 12.1 Å². The van der Waals surface area contributed by atoms with E-state index in [2.05, 4.69) is 0 Å². The Hall–Kier alpha value is -0.830. The second-order valence-electron chi connectivity index (χ2n) is 3.12.